The summed E-state index contributed by atoms with van der Waals surface area (Å²) in [5.41, 5.74) is 0. The third-order valence-electron chi connectivity index (χ3n) is 0.805. The molecule has 2 atom stereocenters. The maximum Gasteiger partial charge on any atom is 0.335 e. The molecule has 0 aromatic rings. The molecule has 4 N–H and O–H groups in total. The van der Waals surface area contributed by atoms with Crippen LogP contribution in [0, 0.1) is 0 Å². The van der Waals surface area contributed by atoms with Crippen LogP contribution in [0.1, 0.15) is 0 Å². The van der Waals surface area contributed by atoms with E-state index in [1.165, 1.54) is 0 Å². The van der Waals surface area contributed by atoms with E-state index in [2.05, 4.69) is 0 Å². The van der Waals surface area contributed by atoms with E-state index >= 15 is 0 Å². The van der Waals surface area contributed by atoms with Gasteiger partial charge in [0, 0.05) is 19.5 Å². The number of carboxylic acids is 2. The van der Waals surface area contributed by atoms with Gasteiger partial charge in [-0.15, -0.1) is 0 Å². The van der Waals surface area contributed by atoms with Gasteiger partial charge in [0.2, 0.25) is 0 Å². The largest absolute Gasteiger partial charge is 0.479 e. The Morgan fingerprint density at radius 3 is 1.18 bits per heavy atom. The molecular weight excluding hydrogens is 245 g/mol. The normalized spacial score (nSPS) is 14.4. The van der Waals surface area contributed by atoms with Crippen LogP contribution < -0.4 is 0 Å². The molecule has 0 aliphatic carbocycles. The van der Waals surface area contributed by atoms with E-state index in [1.807, 2.05) is 0 Å². The minimum Gasteiger partial charge on any atom is -0.479 e. The van der Waals surface area contributed by atoms with Crippen molar-refractivity contribution in [1.82, 2.24) is 0 Å². The Labute approximate surface area is 74.2 Å². The molecule has 0 rings (SSSR count). The van der Waals surface area contributed by atoms with E-state index in [4.69, 9.17) is 20.4 Å². The number of rotatable bonds is 3. The van der Waals surface area contributed by atoms with Crippen LogP contribution in [0.5, 0.6) is 0 Å². The molecule has 6 nitrogen and oxygen atoms in total. The second-order valence-electron chi connectivity index (χ2n) is 1.57. The zero-order chi connectivity index (χ0) is 8.31. The molecule has 0 heterocycles. The molecule has 0 spiro atoms. The smallest absolute Gasteiger partial charge is 0.335 e. The monoisotopic (exact) mass is 252 g/mol. The minimum atomic E-state index is -2.27. The molecular formula is C4H6O6Ru. The van der Waals surface area contributed by atoms with Gasteiger partial charge in [0.1, 0.15) is 0 Å². The number of aliphatic hydroxyl groups excluding tert-OH is 2. The third-order valence-corrected chi connectivity index (χ3v) is 0.805. The van der Waals surface area contributed by atoms with E-state index in [0.717, 1.165) is 0 Å². The molecule has 11 heavy (non-hydrogen) atoms. The molecule has 0 amide bonds. The quantitative estimate of drug-likeness (QED) is 0.426. The standard InChI is InChI=1S/C4H6O6.Ru/c5-1(3(7)8)2(6)4(9)10;/h1-2,5-6H,(H,7,8)(H,9,10);. The fourth-order valence-electron chi connectivity index (χ4n) is 0.270. The first-order valence-corrected chi connectivity index (χ1v) is 2.28. The average molecular weight is 251 g/mol. The van der Waals surface area contributed by atoms with Crippen molar-refractivity contribution in [3.05, 3.63) is 0 Å². The summed E-state index contributed by atoms with van der Waals surface area (Å²) in [6, 6.07) is 0. The van der Waals surface area contributed by atoms with Crippen LogP contribution in [0.3, 0.4) is 0 Å². The van der Waals surface area contributed by atoms with Crippen LogP contribution in [0.2, 0.25) is 0 Å². The molecule has 0 aliphatic heterocycles. The van der Waals surface area contributed by atoms with Crippen molar-refractivity contribution in [1.29, 1.82) is 0 Å². The van der Waals surface area contributed by atoms with Gasteiger partial charge < -0.3 is 20.4 Å². The van der Waals surface area contributed by atoms with Gasteiger partial charge in [0.15, 0.2) is 12.2 Å². The first-order chi connectivity index (χ1) is 4.46. The van der Waals surface area contributed by atoms with Gasteiger partial charge >= 0.3 is 11.9 Å². The maximum absolute atomic E-state index is 9.77. The summed E-state index contributed by atoms with van der Waals surface area (Å²) in [5.74, 6) is -3.54. The van der Waals surface area contributed by atoms with Crippen molar-refractivity contribution >= 4 is 11.9 Å². The number of aliphatic hydroxyl groups is 2. The first kappa shape index (κ1) is 13.1. The Bertz CT molecular complexity index is 139. The summed E-state index contributed by atoms with van der Waals surface area (Å²) in [7, 11) is 0. The summed E-state index contributed by atoms with van der Waals surface area (Å²) in [6.07, 6.45) is -4.53. The number of carboxylic acid groups (broad SMARTS) is 2. The van der Waals surface area contributed by atoms with Crippen molar-refractivity contribution in [2.45, 2.75) is 12.2 Å². The van der Waals surface area contributed by atoms with E-state index < -0.39 is 24.1 Å². The summed E-state index contributed by atoms with van der Waals surface area (Å²) in [5, 5.41) is 32.5. The van der Waals surface area contributed by atoms with Crippen molar-refractivity contribution in [2.75, 3.05) is 0 Å². The molecule has 0 bridgehead atoms. The van der Waals surface area contributed by atoms with E-state index in [-0.39, 0.29) is 19.5 Å². The third kappa shape index (κ3) is 4.03. The second-order valence-corrected chi connectivity index (χ2v) is 1.57. The number of aliphatic carboxylic acids is 2. The van der Waals surface area contributed by atoms with Gasteiger partial charge in [-0.3, -0.25) is 0 Å². The Kier molecular flexibility index (Phi) is 6.16. The van der Waals surface area contributed by atoms with Gasteiger partial charge in [-0.2, -0.15) is 0 Å². The molecule has 0 aromatic carbocycles. The number of carbonyl (C=O) groups is 2. The predicted molar refractivity (Wildman–Crippen MR) is 27.3 cm³/mol. The van der Waals surface area contributed by atoms with Crippen LogP contribution in [0.25, 0.3) is 0 Å². The van der Waals surface area contributed by atoms with Gasteiger partial charge in [-0.05, 0) is 0 Å². The van der Waals surface area contributed by atoms with Gasteiger partial charge in [0.25, 0.3) is 0 Å². The zero-order valence-electron chi connectivity index (χ0n) is 5.11. The fraction of sp³-hybridized carbons (Fsp3) is 0.500. The van der Waals surface area contributed by atoms with Crippen LogP contribution in [-0.2, 0) is 29.1 Å². The molecule has 0 radical (unpaired) electrons. The van der Waals surface area contributed by atoms with Crippen LogP contribution in [-0.4, -0.2) is 44.6 Å². The maximum atomic E-state index is 9.77. The first-order valence-electron chi connectivity index (χ1n) is 2.28. The molecule has 0 aliphatic rings. The van der Waals surface area contributed by atoms with Crippen molar-refractivity contribution in [3.8, 4) is 0 Å². The zero-order valence-corrected chi connectivity index (χ0v) is 6.85. The Hall–Kier alpha value is -0.517. The molecule has 0 aromatic heterocycles. The summed E-state index contributed by atoms with van der Waals surface area (Å²) in [6.45, 7) is 0. The van der Waals surface area contributed by atoms with E-state index in [9.17, 15) is 9.59 Å². The van der Waals surface area contributed by atoms with Gasteiger partial charge in [0.05, 0.1) is 0 Å². The molecule has 0 fully saturated rings. The van der Waals surface area contributed by atoms with Crippen LogP contribution in [0.4, 0.5) is 0 Å². The molecule has 0 saturated carbocycles. The fourth-order valence-corrected chi connectivity index (χ4v) is 0.270. The SMILES string of the molecule is O=C(O)C(O)C(O)C(=O)O.[Ru]. The summed E-state index contributed by atoms with van der Waals surface area (Å²) in [4.78, 5) is 19.5. The molecule has 2 unspecified atom stereocenters. The van der Waals surface area contributed by atoms with Gasteiger partial charge in [-0.25, -0.2) is 9.59 Å². The van der Waals surface area contributed by atoms with Crippen LogP contribution in [0.15, 0.2) is 0 Å². The Morgan fingerprint density at radius 1 is 0.909 bits per heavy atom. The average Bonchev–Trinajstić information content (AvgIpc) is 1.84. The number of hydrogen-bond donors (Lipinski definition) is 4. The Morgan fingerprint density at radius 2 is 1.09 bits per heavy atom. The minimum absolute atomic E-state index is 0. The molecule has 0 saturated heterocycles. The molecule has 66 valence electrons. The topological polar surface area (TPSA) is 115 Å². The van der Waals surface area contributed by atoms with Crippen molar-refractivity contribution < 1.29 is 49.5 Å². The van der Waals surface area contributed by atoms with E-state index in [1.54, 1.807) is 0 Å². The second kappa shape index (κ2) is 5.18. The van der Waals surface area contributed by atoms with Crippen molar-refractivity contribution in [2.24, 2.45) is 0 Å². The van der Waals surface area contributed by atoms with Gasteiger partial charge in [-0.1, -0.05) is 0 Å². The predicted octanol–water partition coefficient (Wildman–Crippen LogP) is -2.13. The van der Waals surface area contributed by atoms with E-state index in [0.29, 0.717) is 0 Å². The summed E-state index contributed by atoms with van der Waals surface area (Å²) < 4.78 is 0. The van der Waals surface area contributed by atoms with Crippen LogP contribution >= 0.6 is 0 Å². The molecule has 7 heteroatoms. The summed E-state index contributed by atoms with van der Waals surface area (Å²) >= 11 is 0. The number of hydrogen-bond acceptors (Lipinski definition) is 4. The Balaban J connectivity index is 0. The van der Waals surface area contributed by atoms with Crippen molar-refractivity contribution in [3.63, 3.8) is 0 Å².